The number of nitrogens with one attached hydrogen (secondary N) is 4. The Kier molecular flexibility index (Phi) is 31.0. The van der Waals surface area contributed by atoms with Crippen molar-refractivity contribution in [3.8, 4) is 46.0 Å². The second-order valence-electron chi connectivity index (χ2n) is 25.5. The summed E-state index contributed by atoms with van der Waals surface area (Å²) in [6, 6.07) is 16.0. The molecule has 0 saturated carbocycles. The summed E-state index contributed by atoms with van der Waals surface area (Å²) in [5, 5.41) is 86.0. The minimum Gasteiger partial charge on any atom is -0.504 e. The van der Waals surface area contributed by atoms with Crippen LogP contribution in [-0.4, -0.2) is 156 Å². The van der Waals surface area contributed by atoms with Gasteiger partial charge in [-0.3, -0.25) is 45.2 Å². The van der Waals surface area contributed by atoms with E-state index >= 15 is 0 Å². The van der Waals surface area contributed by atoms with Crippen molar-refractivity contribution < 1.29 is 135 Å². The Morgan fingerprint density at radius 2 is 0.786 bits per heavy atom. The maximum absolute atomic E-state index is 12.7. The molecule has 0 unspecified atom stereocenters. The van der Waals surface area contributed by atoms with E-state index in [9.17, 15) is 92.4 Å². The number of fused-ring (bicyclic) bond motifs is 4. The van der Waals surface area contributed by atoms with Crippen LogP contribution in [0.4, 0.5) is 26.3 Å². The molecule has 9 rings (SSSR count). The van der Waals surface area contributed by atoms with Crippen molar-refractivity contribution in [1.29, 1.82) is 0 Å². The van der Waals surface area contributed by atoms with Crippen LogP contribution in [0.1, 0.15) is 119 Å². The van der Waals surface area contributed by atoms with Gasteiger partial charge in [-0.05, 0) is 200 Å². The number of hydrogen-bond acceptors (Lipinski definition) is 26. The molecule has 0 spiro atoms. The molecule has 574 valence electrons. The van der Waals surface area contributed by atoms with Crippen LogP contribution in [-0.2, 0) is 117 Å². The Balaban J connectivity index is 0.000000444. The van der Waals surface area contributed by atoms with Crippen LogP contribution in [0.5, 0.6) is 46.0 Å². The highest BCUT2D eigenvalue weighted by atomic mass is 35.5. The van der Waals surface area contributed by atoms with Crippen molar-refractivity contribution in [3.63, 3.8) is 0 Å². The number of methoxy groups -OCH3 is 3. The lowest BCUT2D eigenvalue weighted by Gasteiger charge is -2.38. The summed E-state index contributed by atoms with van der Waals surface area (Å²) in [6.07, 6.45) is 1.23. The van der Waals surface area contributed by atoms with E-state index in [-0.39, 0.29) is 113 Å². The van der Waals surface area contributed by atoms with Crippen molar-refractivity contribution in [1.82, 2.24) is 21.3 Å². The predicted molar refractivity (Wildman–Crippen MR) is 362 cm³/mol. The van der Waals surface area contributed by atoms with Crippen molar-refractivity contribution in [2.45, 2.75) is 165 Å². The first-order valence-corrected chi connectivity index (χ1v) is 32.9. The van der Waals surface area contributed by atoms with Crippen LogP contribution in [0.2, 0.25) is 0 Å². The summed E-state index contributed by atoms with van der Waals surface area (Å²) in [4.78, 5) is 66.0. The second kappa shape index (κ2) is 35.2. The zero-order valence-electron chi connectivity index (χ0n) is 57.6. The molecule has 5 aromatic rings. The fraction of sp³-hybridized carbons (Fsp3) is 0.446. The summed E-state index contributed by atoms with van der Waals surface area (Å²) in [6.45, 7) is 17.6. The third kappa shape index (κ3) is 23.7. The van der Waals surface area contributed by atoms with Gasteiger partial charge in [-0.1, -0.05) is 30.3 Å². The van der Waals surface area contributed by atoms with Gasteiger partial charge in [-0.25, -0.2) is 0 Å². The van der Waals surface area contributed by atoms with Crippen molar-refractivity contribution in [2.24, 2.45) is 5.73 Å². The zero-order chi connectivity index (χ0) is 77.3. The highest BCUT2D eigenvalue weighted by Crippen LogP contribution is 2.44. The average Bonchev–Trinajstić information content (AvgIpc) is 0.794. The summed E-state index contributed by atoms with van der Waals surface area (Å²) in [7, 11) is -9.00. The van der Waals surface area contributed by atoms with E-state index in [2.05, 4.69) is 60.4 Å². The highest BCUT2D eigenvalue weighted by molar-refractivity contribution is 7.88. The van der Waals surface area contributed by atoms with Gasteiger partial charge in [0.15, 0.2) is 46.0 Å². The number of rotatable bonds is 11. The molecule has 28 nitrogen and oxygen atoms in total. The number of ether oxygens (including phenoxy) is 3. The molecular weight excluding hydrogens is 1470 g/mol. The number of halogens is 8. The molecule has 14 N–H and O–H groups in total. The van der Waals surface area contributed by atoms with Gasteiger partial charge in [0, 0.05) is 22.2 Å². The van der Waals surface area contributed by atoms with Gasteiger partial charge in [0.2, 0.25) is 0 Å². The van der Waals surface area contributed by atoms with E-state index in [0.29, 0.717) is 37.0 Å². The smallest absolute Gasteiger partial charge is 0.504 e. The molecular formula is C65H83Cl2F6N5O23S2. The second-order valence-corrected chi connectivity index (χ2v) is 28.5. The van der Waals surface area contributed by atoms with Gasteiger partial charge in [0.1, 0.15) is 36.0 Å². The summed E-state index contributed by atoms with van der Waals surface area (Å²) < 4.78 is 144. The Labute approximate surface area is 601 Å². The first kappa shape index (κ1) is 90.5. The molecule has 4 aliphatic rings. The number of carboxylic acids is 2. The standard InChI is InChI=1S/C15H15F6NO8S2.C13H17NO4.C13H17NO2.C12H15NO4.C9H11NO4.C3H6O.2ClH/c1-13(2)8-6-11(30-32(26,27)15(19,20)21)10(29-31(24,25)14(16,17)18)5-7(8)4-9(22-13)12(23)28-3;1-13(2)8-6-11(16)10(15)5-7(8)4-9(14-13)12(17)18-3;1-13(2)10-7-5-4-6-9(10)8-11(14-13)12(15)16-3;1-12(2)7-5-10(15)9(14)4-6(7)3-8(13-12)11(16)17;10-6(9(13)14)3-5-1-2-7(11)8(12)4-5;1-3(2)4;;/h5-6,9,22H,4H2,1-3H3;5-6,9,14-16H,4H2,1-3H3;4-7,11,14H,8H2,1-3H3;4-5,8,13-15H,3H2,1-2H3,(H,16,17);1-2,4,6,11-12H,3,10H2,(H,13,14);1-2H3;2*1H/t2*9-;11-;8-;6-;;;/m11111.../s1. The van der Waals surface area contributed by atoms with E-state index in [4.69, 9.17) is 35.6 Å². The van der Waals surface area contributed by atoms with Gasteiger partial charge in [0.25, 0.3) is 0 Å². The topological polar surface area (TPSA) is 453 Å². The number of hydrogen-bond donors (Lipinski definition) is 13. The van der Waals surface area contributed by atoms with Crippen LogP contribution in [0.15, 0.2) is 78.9 Å². The third-order valence-electron chi connectivity index (χ3n) is 15.7. The molecule has 0 amide bonds. The zero-order valence-corrected chi connectivity index (χ0v) is 60.9. The molecule has 0 bridgehead atoms. The minimum absolute atomic E-state index is 0. The number of nitrogens with two attached hydrogens (primary N) is 1. The van der Waals surface area contributed by atoms with Gasteiger partial charge < -0.3 is 74.0 Å². The SMILES string of the molecule is CC(C)=O.CC1(C)N[C@@H](C(=O)O)Cc2cc(O)c(O)cc21.COC(=O)[C@H]1Cc2cc(O)c(O)cc2C(C)(C)N1.COC(=O)[C@H]1Cc2cc(OS(=O)(=O)C(F)(F)F)c(OS(=O)(=O)C(F)(F)F)cc2C(C)(C)N1.COC(=O)[C@H]1Cc2ccccc2C(C)(C)N1.Cl.Cl.N[C@H](Cc1ccc(O)c(O)c1)C(=O)O. The molecule has 4 aliphatic heterocycles. The quantitative estimate of drug-likeness (QED) is 0.0156. The number of carboxylic acid groups (broad SMARTS) is 2. The van der Waals surface area contributed by atoms with E-state index in [1.165, 1.54) is 95.5 Å². The molecule has 0 aliphatic carbocycles. The average molecular weight is 1550 g/mol. The van der Waals surface area contributed by atoms with E-state index in [0.717, 1.165) is 29.4 Å². The number of carbonyl (C=O) groups is 6. The predicted octanol–water partition coefficient (Wildman–Crippen LogP) is 7.12. The fourth-order valence-electron chi connectivity index (χ4n) is 11.0. The van der Waals surface area contributed by atoms with Crippen LogP contribution < -0.4 is 35.4 Å². The maximum Gasteiger partial charge on any atom is 0.534 e. The Bertz CT molecular complexity index is 4140. The lowest BCUT2D eigenvalue weighted by Crippen LogP contribution is -2.53. The number of phenolic OH excluding ortho intramolecular Hbond substituents is 6. The molecule has 0 fully saturated rings. The number of phenols is 6. The normalized spacial score (nSPS) is 18.6. The molecule has 0 saturated heterocycles. The first-order valence-electron chi connectivity index (χ1n) is 30.1. The lowest BCUT2D eigenvalue weighted by atomic mass is 9.82. The number of aromatic hydroxyl groups is 6. The number of benzene rings is 5. The van der Waals surface area contributed by atoms with Crippen LogP contribution in [0.3, 0.4) is 0 Å². The highest BCUT2D eigenvalue weighted by Gasteiger charge is 2.52. The number of alkyl halides is 6. The molecule has 4 heterocycles. The van der Waals surface area contributed by atoms with Crippen molar-refractivity contribution in [3.05, 3.63) is 129 Å². The first-order chi connectivity index (χ1) is 46.2. The Morgan fingerprint density at radius 3 is 1.15 bits per heavy atom. The molecule has 5 aromatic carbocycles. The molecule has 0 radical (unpaired) electrons. The van der Waals surface area contributed by atoms with E-state index in [1.807, 2.05) is 39.8 Å². The third-order valence-corrected chi connectivity index (χ3v) is 17.6. The molecule has 103 heavy (non-hydrogen) atoms. The van der Waals surface area contributed by atoms with Crippen LogP contribution in [0, 0.1) is 0 Å². The number of Topliss-reactive ketones (excluding diaryl/α,β-unsaturated/α-hetero) is 1. The fourth-order valence-corrected chi connectivity index (χ4v) is 12.0. The number of aliphatic carboxylic acids is 2. The van der Waals surface area contributed by atoms with Gasteiger partial charge in [-0.15, -0.1) is 24.8 Å². The van der Waals surface area contributed by atoms with E-state index < -0.39 is 101 Å². The summed E-state index contributed by atoms with van der Waals surface area (Å²) >= 11 is 0. The summed E-state index contributed by atoms with van der Waals surface area (Å²) in [5.41, 5.74) is -2.88. The van der Waals surface area contributed by atoms with Crippen LogP contribution in [0.25, 0.3) is 0 Å². The van der Waals surface area contributed by atoms with Crippen molar-refractivity contribution in [2.75, 3.05) is 21.3 Å². The minimum atomic E-state index is -6.42. The van der Waals surface area contributed by atoms with Gasteiger partial charge in [0.05, 0.1) is 21.3 Å². The molecule has 0 aromatic heterocycles. The largest absolute Gasteiger partial charge is 0.534 e. The number of esters is 3. The maximum atomic E-state index is 12.7. The number of carbonyl (C=O) groups excluding carboxylic acids is 4. The van der Waals surface area contributed by atoms with Gasteiger partial charge >= 0.3 is 61.1 Å². The summed E-state index contributed by atoms with van der Waals surface area (Å²) in [5.74, 6) is -7.35. The van der Waals surface area contributed by atoms with Crippen molar-refractivity contribution >= 4 is 80.7 Å². The number of ketones is 1. The van der Waals surface area contributed by atoms with Crippen LogP contribution >= 0.6 is 24.8 Å². The molecule has 5 atom stereocenters. The Hall–Kier alpha value is -8.62. The lowest BCUT2D eigenvalue weighted by molar-refractivity contribution is -0.144. The van der Waals surface area contributed by atoms with Gasteiger partial charge in [-0.2, -0.15) is 43.2 Å². The van der Waals surface area contributed by atoms with E-state index in [1.54, 1.807) is 0 Å². The Morgan fingerprint density at radius 1 is 0.476 bits per heavy atom. The molecule has 38 heteroatoms. The monoisotopic (exact) mass is 1550 g/mol.